The molecule has 2 N–H and O–H groups in total. The number of amides is 5. The zero-order chi connectivity index (χ0) is 26.3. The van der Waals surface area contributed by atoms with Crippen molar-refractivity contribution in [3.05, 3.63) is 65.2 Å². The fraction of sp³-hybridized carbons (Fsp3) is 0.407. The van der Waals surface area contributed by atoms with E-state index < -0.39 is 30.0 Å². The number of hydrogen-bond acceptors (Lipinski definition) is 5. The molecule has 3 aliphatic rings. The van der Waals surface area contributed by atoms with Crippen molar-refractivity contribution in [1.82, 2.24) is 15.1 Å². The number of nitrogens with one attached hydrogen (secondary N) is 2. The second-order valence-electron chi connectivity index (χ2n) is 9.61. The van der Waals surface area contributed by atoms with E-state index in [4.69, 9.17) is 6.11 Å². The molecule has 0 aromatic heterocycles. The summed E-state index contributed by atoms with van der Waals surface area (Å²) in [6.45, 7) is 0.496. The van der Waals surface area contributed by atoms with Crippen LogP contribution in [0.2, 0.25) is 0 Å². The zero-order valence-corrected chi connectivity index (χ0v) is 20.3. The Kier molecular flexibility index (Phi) is 5.83. The molecule has 1 saturated carbocycles. The van der Waals surface area contributed by atoms with Gasteiger partial charge in [-0.05, 0) is 55.4 Å². The second-order valence-corrected chi connectivity index (χ2v) is 9.61. The molecule has 188 valence electrons. The number of fused-ring (bicyclic) bond motifs is 2. The number of ether oxygens (including phenoxy) is 1. The van der Waals surface area contributed by atoms with Gasteiger partial charge in [-0.2, -0.15) is 0 Å². The van der Waals surface area contributed by atoms with E-state index in [2.05, 4.69) is 10.6 Å². The summed E-state index contributed by atoms with van der Waals surface area (Å²) in [6, 6.07) is 14.0. The van der Waals surface area contributed by atoms with Gasteiger partial charge in [0.2, 0.25) is 11.5 Å². The normalized spacial score (nSPS) is 22.5. The van der Waals surface area contributed by atoms with E-state index in [1.807, 2.05) is 37.3 Å². The monoisotopic (exact) mass is 491 g/mol. The Labute approximate surface area is 211 Å². The van der Waals surface area contributed by atoms with E-state index in [0.717, 1.165) is 24.0 Å². The molecule has 9 heteroatoms. The Morgan fingerprint density at radius 3 is 2.67 bits per heavy atom. The summed E-state index contributed by atoms with van der Waals surface area (Å²) >= 11 is 0. The van der Waals surface area contributed by atoms with Crippen LogP contribution in [0.4, 0.5) is 15.3 Å². The fourth-order valence-electron chi connectivity index (χ4n) is 5.09. The Balaban J connectivity index is 1.39. The minimum Gasteiger partial charge on any atom is -0.427 e. The van der Waals surface area contributed by atoms with E-state index in [1.54, 1.807) is 23.1 Å². The minimum atomic E-state index is -1.75. The molecule has 1 heterocycles. The van der Waals surface area contributed by atoms with Crippen LogP contribution in [0.1, 0.15) is 44.2 Å². The topological polar surface area (TPSA) is 108 Å². The van der Waals surface area contributed by atoms with Crippen LogP contribution in [0, 0.1) is 5.92 Å². The van der Waals surface area contributed by atoms with Gasteiger partial charge in [-0.15, -0.1) is 0 Å². The van der Waals surface area contributed by atoms with Crippen molar-refractivity contribution in [2.75, 3.05) is 18.9 Å². The van der Waals surface area contributed by atoms with Crippen molar-refractivity contribution in [2.24, 2.45) is 5.92 Å². The lowest BCUT2D eigenvalue weighted by atomic mass is 9.94. The SMILES string of the molecule is [2H]C(C(=O)N(Cc1ccccc1)[C@@H](C)C1CC1)N1C(=O)OC2(CCc3cc(NC(=O)NC)ccc32)C1=O. The van der Waals surface area contributed by atoms with Crippen molar-refractivity contribution in [1.29, 1.82) is 0 Å². The molecule has 1 saturated heterocycles. The third kappa shape index (κ3) is 4.29. The molecule has 1 spiro atoms. The van der Waals surface area contributed by atoms with Crippen molar-refractivity contribution >= 4 is 29.6 Å². The first-order valence-electron chi connectivity index (χ1n) is 12.8. The van der Waals surface area contributed by atoms with Crippen LogP contribution in [0.3, 0.4) is 0 Å². The third-order valence-corrected chi connectivity index (χ3v) is 7.31. The summed E-state index contributed by atoms with van der Waals surface area (Å²) in [6.07, 6.45) is 1.67. The highest BCUT2D eigenvalue weighted by molar-refractivity contribution is 6.06. The number of carbonyl (C=O) groups is 4. The number of urea groups is 1. The highest BCUT2D eigenvalue weighted by Gasteiger charge is 2.58. The second kappa shape index (κ2) is 9.29. The Morgan fingerprint density at radius 2 is 1.97 bits per heavy atom. The van der Waals surface area contributed by atoms with Crippen LogP contribution in [-0.4, -0.2) is 53.3 Å². The minimum absolute atomic E-state index is 0.123. The largest absolute Gasteiger partial charge is 0.427 e. The summed E-state index contributed by atoms with van der Waals surface area (Å²) < 4.78 is 14.3. The first-order valence-corrected chi connectivity index (χ1v) is 12.2. The van der Waals surface area contributed by atoms with Gasteiger partial charge in [0.05, 0.1) is 1.37 Å². The molecule has 9 nitrogen and oxygen atoms in total. The average Bonchev–Trinajstić information content (AvgIpc) is 3.64. The molecule has 0 radical (unpaired) electrons. The summed E-state index contributed by atoms with van der Waals surface area (Å²) in [7, 11) is 1.51. The van der Waals surface area contributed by atoms with Crippen LogP contribution in [-0.2, 0) is 32.9 Å². The molecule has 36 heavy (non-hydrogen) atoms. The molecule has 0 bridgehead atoms. The van der Waals surface area contributed by atoms with Gasteiger partial charge in [0.15, 0.2) is 0 Å². The van der Waals surface area contributed by atoms with Gasteiger partial charge >= 0.3 is 12.1 Å². The van der Waals surface area contributed by atoms with Crippen molar-refractivity contribution in [3.63, 3.8) is 0 Å². The predicted molar refractivity (Wildman–Crippen MR) is 132 cm³/mol. The van der Waals surface area contributed by atoms with Gasteiger partial charge in [0.1, 0.15) is 6.52 Å². The van der Waals surface area contributed by atoms with Crippen molar-refractivity contribution in [3.8, 4) is 0 Å². The molecule has 2 unspecified atom stereocenters. The average molecular weight is 492 g/mol. The van der Waals surface area contributed by atoms with Crippen LogP contribution in [0.25, 0.3) is 0 Å². The Morgan fingerprint density at radius 1 is 1.22 bits per heavy atom. The first-order chi connectivity index (χ1) is 17.7. The number of carbonyl (C=O) groups excluding carboxylic acids is 4. The molecule has 3 atom stereocenters. The molecular weight excluding hydrogens is 460 g/mol. The number of rotatable bonds is 7. The first kappa shape index (κ1) is 22.6. The predicted octanol–water partition coefficient (Wildman–Crippen LogP) is 3.39. The molecule has 2 aliphatic carbocycles. The smallest absolute Gasteiger partial charge is 0.418 e. The van der Waals surface area contributed by atoms with Crippen LogP contribution < -0.4 is 10.6 Å². The standard InChI is InChI=1S/C27H30N4O5/c1-17(19-8-9-19)30(15-18-6-4-3-5-7-18)23(32)16-31-24(33)27(36-26(31)35)13-12-20-14-21(10-11-22(20)27)29-25(34)28-2/h3-7,10-11,14,17,19H,8-9,12-13,15-16H2,1-2H3,(H2,28,29,34)/t17-,27?/m0/s1/i16D/t16?,17-,27?. The summed E-state index contributed by atoms with van der Waals surface area (Å²) in [5.41, 5.74) is 1.17. The molecule has 2 aromatic rings. The maximum Gasteiger partial charge on any atom is 0.418 e. The van der Waals surface area contributed by atoms with Crippen LogP contribution in [0.15, 0.2) is 48.5 Å². The molecular formula is C27H30N4O5. The third-order valence-electron chi connectivity index (χ3n) is 7.31. The Bertz CT molecular complexity index is 1250. The quantitative estimate of drug-likeness (QED) is 0.617. The highest BCUT2D eigenvalue weighted by Crippen LogP contribution is 2.46. The van der Waals surface area contributed by atoms with Crippen LogP contribution in [0.5, 0.6) is 0 Å². The number of imide groups is 1. The maximum atomic E-state index is 13.7. The van der Waals surface area contributed by atoms with Gasteiger partial charge < -0.3 is 20.3 Å². The molecule has 2 aromatic carbocycles. The zero-order valence-electron chi connectivity index (χ0n) is 21.3. The molecule has 5 amide bonds. The van der Waals surface area contributed by atoms with Gasteiger partial charge in [0.25, 0.3) is 5.91 Å². The maximum absolute atomic E-state index is 13.7. The van der Waals surface area contributed by atoms with E-state index in [9.17, 15) is 19.2 Å². The van der Waals surface area contributed by atoms with Gasteiger partial charge in [-0.25, -0.2) is 14.5 Å². The summed E-state index contributed by atoms with van der Waals surface area (Å²) in [4.78, 5) is 54.2. The molecule has 2 fully saturated rings. The van der Waals surface area contributed by atoms with E-state index >= 15 is 0 Å². The summed E-state index contributed by atoms with van der Waals surface area (Å²) in [5.74, 6) is -0.962. The van der Waals surface area contributed by atoms with Gasteiger partial charge in [0, 0.05) is 37.3 Å². The lowest BCUT2D eigenvalue weighted by molar-refractivity contribution is -0.143. The van der Waals surface area contributed by atoms with E-state index in [1.165, 1.54) is 7.05 Å². The van der Waals surface area contributed by atoms with Crippen molar-refractivity contribution < 1.29 is 25.3 Å². The van der Waals surface area contributed by atoms with Gasteiger partial charge in [-0.3, -0.25) is 9.59 Å². The number of hydrogen-bond donors (Lipinski definition) is 2. The number of anilines is 1. The van der Waals surface area contributed by atoms with E-state index in [0.29, 0.717) is 35.0 Å². The highest BCUT2D eigenvalue weighted by atomic mass is 16.6. The van der Waals surface area contributed by atoms with E-state index in [-0.39, 0.29) is 18.5 Å². The number of nitrogens with zero attached hydrogens (tertiary/aromatic N) is 2. The Hall–Kier alpha value is -3.88. The fourth-order valence-corrected chi connectivity index (χ4v) is 5.09. The number of aryl methyl sites for hydroxylation is 1. The van der Waals surface area contributed by atoms with Crippen molar-refractivity contribution in [2.45, 2.75) is 50.8 Å². The number of benzene rings is 2. The molecule has 5 rings (SSSR count). The lowest BCUT2D eigenvalue weighted by Gasteiger charge is -2.30. The van der Waals surface area contributed by atoms with Crippen LogP contribution >= 0.6 is 0 Å². The summed E-state index contributed by atoms with van der Waals surface area (Å²) in [5, 5.41) is 5.16. The molecule has 1 aliphatic heterocycles. The lowest BCUT2D eigenvalue weighted by Crippen LogP contribution is -2.47. The van der Waals surface area contributed by atoms with Gasteiger partial charge in [-0.1, -0.05) is 36.4 Å².